The van der Waals surface area contributed by atoms with Gasteiger partial charge in [0.1, 0.15) is 11.0 Å². The fraction of sp³-hybridized carbons (Fsp3) is 0.583. The average Bonchev–Trinajstić information content (AvgIpc) is 2.87. The molecule has 0 aromatic carbocycles. The minimum atomic E-state index is -3.01. The van der Waals surface area contributed by atoms with Gasteiger partial charge in [0.05, 0.1) is 11.9 Å². The third-order valence-corrected chi connectivity index (χ3v) is 3.70. The van der Waals surface area contributed by atoms with Crippen LogP contribution in [-0.2, 0) is 0 Å². The third kappa shape index (κ3) is 2.25. The van der Waals surface area contributed by atoms with Crippen molar-refractivity contribution < 1.29 is 13.6 Å². The van der Waals surface area contributed by atoms with Gasteiger partial charge < -0.3 is 4.84 Å². The van der Waals surface area contributed by atoms with Crippen molar-refractivity contribution >= 4 is 11.0 Å². The number of H-pyrrole nitrogens is 1. The summed E-state index contributed by atoms with van der Waals surface area (Å²) in [4.78, 5) is 8.13. The van der Waals surface area contributed by atoms with E-state index in [0.29, 0.717) is 11.0 Å². The standard InChI is InChI=1S/C12H15F2N5O/c13-11(14)20-19-10-8(6-16-12(19)15)17-18-9(10)7-4-2-1-3-5-7/h6-7,11,15H,1-5H2,(H,17,18). The van der Waals surface area contributed by atoms with Gasteiger partial charge in [-0.2, -0.15) is 13.9 Å². The van der Waals surface area contributed by atoms with Crippen molar-refractivity contribution in [3.8, 4) is 0 Å². The van der Waals surface area contributed by atoms with Crippen molar-refractivity contribution in [2.45, 2.75) is 44.6 Å². The van der Waals surface area contributed by atoms with E-state index in [1.165, 1.54) is 12.6 Å². The Labute approximate surface area is 113 Å². The highest BCUT2D eigenvalue weighted by Crippen LogP contribution is 2.34. The van der Waals surface area contributed by atoms with Crippen LogP contribution in [0.2, 0.25) is 0 Å². The van der Waals surface area contributed by atoms with E-state index in [9.17, 15) is 8.78 Å². The number of nitrogens with zero attached hydrogens (tertiary/aromatic N) is 3. The van der Waals surface area contributed by atoms with Crippen LogP contribution >= 0.6 is 0 Å². The fourth-order valence-electron chi connectivity index (χ4n) is 2.81. The van der Waals surface area contributed by atoms with Crippen LogP contribution in [0.4, 0.5) is 8.78 Å². The molecule has 3 rings (SSSR count). The van der Waals surface area contributed by atoms with E-state index >= 15 is 0 Å². The van der Waals surface area contributed by atoms with Crippen LogP contribution in [0.15, 0.2) is 6.20 Å². The smallest absolute Gasteiger partial charge is 0.340 e. The molecule has 2 heterocycles. The molecule has 20 heavy (non-hydrogen) atoms. The quantitative estimate of drug-likeness (QED) is 0.903. The summed E-state index contributed by atoms with van der Waals surface area (Å²) in [6.07, 6.45) is 6.79. The van der Waals surface area contributed by atoms with E-state index < -0.39 is 6.61 Å². The lowest BCUT2D eigenvalue weighted by Crippen LogP contribution is -2.32. The molecule has 1 fully saturated rings. The maximum atomic E-state index is 12.5. The first-order chi connectivity index (χ1) is 9.66. The number of alkyl halides is 2. The molecule has 0 spiro atoms. The molecule has 0 radical (unpaired) electrons. The highest BCUT2D eigenvalue weighted by atomic mass is 19.3. The first-order valence-electron chi connectivity index (χ1n) is 6.62. The number of nitrogens with one attached hydrogen (secondary N) is 2. The van der Waals surface area contributed by atoms with E-state index in [1.54, 1.807) is 0 Å². The molecular formula is C12H15F2N5O. The molecule has 1 aliphatic rings. The molecule has 1 saturated carbocycles. The Balaban J connectivity index is 2.12. The van der Waals surface area contributed by atoms with E-state index in [2.05, 4.69) is 20.0 Å². The molecule has 0 atom stereocenters. The maximum absolute atomic E-state index is 12.5. The third-order valence-electron chi connectivity index (χ3n) is 3.70. The zero-order valence-electron chi connectivity index (χ0n) is 10.8. The SMILES string of the molecule is N=c1ncc2n[nH]c(C3CCCCC3)c2n1OC(F)F. The number of aromatic amines is 1. The molecule has 0 amide bonds. The number of hydrogen-bond acceptors (Lipinski definition) is 4. The van der Waals surface area contributed by atoms with Crippen molar-refractivity contribution in [3.63, 3.8) is 0 Å². The van der Waals surface area contributed by atoms with Crippen molar-refractivity contribution in [1.82, 2.24) is 19.9 Å². The van der Waals surface area contributed by atoms with Gasteiger partial charge in [-0.05, 0) is 12.8 Å². The van der Waals surface area contributed by atoms with Crippen molar-refractivity contribution in [2.24, 2.45) is 0 Å². The Hall–Kier alpha value is -1.99. The summed E-state index contributed by atoms with van der Waals surface area (Å²) in [6, 6.07) is 0. The van der Waals surface area contributed by atoms with Crippen LogP contribution in [0.1, 0.15) is 43.7 Å². The number of rotatable bonds is 3. The molecule has 0 unspecified atom stereocenters. The normalized spacial score (nSPS) is 16.9. The van der Waals surface area contributed by atoms with Crippen LogP contribution in [0, 0.1) is 5.41 Å². The summed E-state index contributed by atoms with van der Waals surface area (Å²) >= 11 is 0. The predicted octanol–water partition coefficient (Wildman–Crippen LogP) is 1.94. The number of hydrogen-bond donors (Lipinski definition) is 2. The molecule has 8 heteroatoms. The van der Waals surface area contributed by atoms with Gasteiger partial charge in [0.2, 0.25) is 0 Å². The van der Waals surface area contributed by atoms with Crippen LogP contribution in [0.5, 0.6) is 0 Å². The van der Waals surface area contributed by atoms with Crippen LogP contribution in [0.3, 0.4) is 0 Å². The topological polar surface area (TPSA) is 79.6 Å². The Morgan fingerprint density at radius 2 is 2.10 bits per heavy atom. The number of fused-ring (bicyclic) bond motifs is 1. The van der Waals surface area contributed by atoms with Gasteiger partial charge in [-0.15, -0.1) is 4.73 Å². The summed E-state index contributed by atoms with van der Waals surface area (Å²) in [5, 5.41) is 14.6. The number of aromatic nitrogens is 4. The van der Waals surface area contributed by atoms with E-state index in [-0.39, 0.29) is 11.5 Å². The van der Waals surface area contributed by atoms with Gasteiger partial charge in [-0.3, -0.25) is 10.5 Å². The Morgan fingerprint density at radius 3 is 2.80 bits per heavy atom. The van der Waals surface area contributed by atoms with Crippen molar-refractivity contribution in [2.75, 3.05) is 0 Å². The highest BCUT2D eigenvalue weighted by molar-refractivity contribution is 5.76. The average molecular weight is 283 g/mol. The lowest BCUT2D eigenvalue weighted by molar-refractivity contribution is -0.133. The molecule has 0 saturated heterocycles. The van der Waals surface area contributed by atoms with Gasteiger partial charge in [0.25, 0.3) is 5.62 Å². The van der Waals surface area contributed by atoms with Crippen molar-refractivity contribution in [1.29, 1.82) is 5.41 Å². The monoisotopic (exact) mass is 283 g/mol. The Bertz CT molecular complexity index is 659. The van der Waals surface area contributed by atoms with Gasteiger partial charge in [0.15, 0.2) is 0 Å². The first kappa shape index (κ1) is 13.0. The zero-order valence-corrected chi connectivity index (χ0v) is 10.8. The van der Waals surface area contributed by atoms with Crippen LogP contribution in [-0.4, -0.2) is 26.5 Å². The molecule has 0 bridgehead atoms. The lowest BCUT2D eigenvalue weighted by atomic mass is 9.86. The van der Waals surface area contributed by atoms with Gasteiger partial charge in [0, 0.05) is 5.92 Å². The fourth-order valence-corrected chi connectivity index (χ4v) is 2.81. The maximum Gasteiger partial charge on any atom is 0.405 e. The summed E-state index contributed by atoms with van der Waals surface area (Å²) in [6.45, 7) is -3.01. The zero-order chi connectivity index (χ0) is 14.1. The molecular weight excluding hydrogens is 268 g/mol. The second kappa shape index (κ2) is 5.18. The van der Waals surface area contributed by atoms with E-state index in [4.69, 9.17) is 5.41 Å². The van der Waals surface area contributed by atoms with Crippen LogP contribution in [0.25, 0.3) is 11.0 Å². The molecule has 108 valence electrons. The summed E-state index contributed by atoms with van der Waals surface area (Å²) in [5.74, 6) is 0.239. The van der Waals surface area contributed by atoms with E-state index in [0.717, 1.165) is 36.1 Å². The van der Waals surface area contributed by atoms with E-state index in [1.807, 2.05) is 0 Å². The number of halogens is 2. The predicted molar refractivity (Wildman–Crippen MR) is 66.1 cm³/mol. The molecule has 6 nitrogen and oxygen atoms in total. The van der Waals surface area contributed by atoms with Crippen molar-refractivity contribution in [3.05, 3.63) is 17.5 Å². The minimum Gasteiger partial charge on any atom is -0.340 e. The van der Waals surface area contributed by atoms with Crippen LogP contribution < -0.4 is 10.5 Å². The summed E-state index contributed by atoms with van der Waals surface area (Å²) < 4.78 is 25.8. The first-order valence-corrected chi connectivity index (χ1v) is 6.62. The minimum absolute atomic E-state index is 0.239. The van der Waals surface area contributed by atoms with Gasteiger partial charge in [-0.25, -0.2) is 4.98 Å². The molecule has 2 aromatic rings. The lowest BCUT2D eigenvalue weighted by Gasteiger charge is -2.21. The van der Waals surface area contributed by atoms with Gasteiger partial charge in [-0.1, -0.05) is 19.3 Å². The summed E-state index contributed by atoms with van der Waals surface area (Å²) in [5.41, 5.74) is 1.23. The second-order valence-corrected chi connectivity index (χ2v) is 4.95. The molecule has 2 N–H and O–H groups in total. The largest absolute Gasteiger partial charge is 0.405 e. The summed E-state index contributed by atoms with van der Waals surface area (Å²) in [7, 11) is 0. The highest BCUT2D eigenvalue weighted by Gasteiger charge is 2.23. The Kier molecular flexibility index (Phi) is 3.37. The molecule has 0 aliphatic heterocycles. The molecule has 1 aliphatic carbocycles. The second-order valence-electron chi connectivity index (χ2n) is 4.95. The Morgan fingerprint density at radius 1 is 1.35 bits per heavy atom. The van der Waals surface area contributed by atoms with Gasteiger partial charge >= 0.3 is 6.61 Å². The molecule has 2 aromatic heterocycles.